The van der Waals surface area contributed by atoms with Crippen molar-refractivity contribution in [1.29, 1.82) is 0 Å². The second kappa shape index (κ2) is 11.4. The Morgan fingerprint density at radius 2 is 1.92 bits per heavy atom. The minimum absolute atomic E-state index is 0.0897. The second-order valence-electron chi connectivity index (χ2n) is 8.96. The average Bonchev–Trinajstić information content (AvgIpc) is 3.37. The number of hydrogen-bond acceptors (Lipinski definition) is 8. The summed E-state index contributed by atoms with van der Waals surface area (Å²) >= 11 is 1.30. The molecule has 4 rings (SSSR count). The Balaban J connectivity index is 1.23. The maximum Gasteiger partial charge on any atom is 0.267 e. The first kappa shape index (κ1) is 25.4. The molecule has 0 atom stereocenters. The zero-order valence-corrected chi connectivity index (χ0v) is 21.5. The molecule has 3 N–H and O–H groups in total. The number of likely N-dealkylation sites (tertiary alicyclic amines) is 1. The summed E-state index contributed by atoms with van der Waals surface area (Å²) in [6, 6.07) is 7.03. The van der Waals surface area contributed by atoms with Gasteiger partial charge in [-0.15, -0.1) is 0 Å². The van der Waals surface area contributed by atoms with E-state index in [0.717, 1.165) is 43.7 Å². The van der Waals surface area contributed by atoms with Gasteiger partial charge in [0.25, 0.3) is 5.91 Å². The first-order valence-electron chi connectivity index (χ1n) is 11.9. The van der Waals surface area contributed by atoms with Crippen LogP contribution in [0.25, 0.3) is 0 Å². The van der Waals surface area contributed by atoms with E-state index in [-0.39, 0.29) is 17.6 Å². The summed E-state index contributed by atoms with van der Waals surface area (Å²) in [4.78, 5) is 36.4. The summed E-state index contributed by atoms with van der Waals surface area (Å²) in [7, 11) is 1.59. The lowest BCUT2D eigenvalue weighted by Gasteiger charge is -2.32. The Kier molecular flexibility index (Phi) is 8.04. The Morgan fingerprint density at radius 1 is 1.14 bits per heavy atom. The van der Waals surface area contributed by atoms with Crippen molar-refractivity contribution in [2.45, 2.75) is 33.1 Å². The average molecular weight is 510 g/mol. The molecule has 2 amide bonds. The fourth-order valence-electron chi connectivity index (χ4n) is 4.19. The summed E-state index contributed by atoms with van der Waals surface area (Å²) in [5.41, 5.74) is 2.87. The fraction of sp³-hybridized carbons (Fsp3) is 0.385. The largest absolute Gasteiger partial charge is 0.508 e. The number of thiazole rings is 1. The van der Waals surface area contributed by atoms with E-state index in [1.54, 1.807) is 38.6 Å². The smallest absolute Gasteiger partial charge is 0.267 e. The van der Waals surface area contributed by atoms with E-state index in [4.69, 9.17) is 4.74 Å². The summed E-state index contributed by atoms with van der Waals surface area (Å²) in [6.45, 7) is 5.83. The molecule has 0 aliphatic carbocycles. The number of ether oxygens (including phenoxy) is 1. The lowest BCUT2D eigenvalue weighted by atomic mass is 9.96. The van der Waals surface area contributed by atoms with E-state index < -0.39 is 0 Å². The van der Waals surface area contributed by atoms with Gasteiger partial charge < -0.3 is 25.4 Å². The van der Waals surface area contributed by atoms with Gasteiger partial charge in [-0.25, -0.2) is 4.98 Å². The SMILES string of the molecule is COc1ccc(CC(=O)N2CCC(CNc3ncc(C(=O)Nc4c(C)ccc(O)c4C)s3)CC2)nc1. The number of carbonyl (C=O) groups is 2. The van der Waals surface area contributed by atoms with Crippen molar-refractivity contribution in [2.75, 3.05) is 37.4 Å². The summed E-state index contributed by atoms with van der Waals surface area (Å²) in [6.07, 6.45) is 5.29. The highest BCUT2D eigenvalue weighted by atomic mass is 32.1. The Morgan fingerprint density at radius 3 is 2.61 bits per heavy atom. The number of phenols is 1. The van der Waals surface area contributed by atoms with Gasteiger partial charge in [0.15, 0.2) is 5.13 Å². The van der Waals surface area contributed by atoms with Crippen LogP contribution in [0, 0.1) is 19.8 Å². The summed E-state index contributed by atoms with van der Waals surface area (Å²) in [5.74, 6) is 1.08. The van der Waals surface area contributed by atoms with Gasteiger partial charge in [0.2, 0.25) is 5.91 Å². The molecule has 1 aliphatic rings. The lowest BCUT2D eigenvalue weighted by Crippen LogP contribution is -2.40. The predicted octanol–water partition coefficient (Wildman–Crippen LogP) is 4.01. The van der Waals surface area contributed by atoms with E-state index in [2.05, 4.69) is 20.6 Å². The minimum Gasteiger partial charge on any atom is -0.508 e. The van der Waals surface area contributed by atoms with Crippen molar-refractivity contribution in [3.8, 4) is 11.5 Å². The van der Waals surface area contributed by atoms with Crippen LogP contribution in [0.3, 0.4) is 0 Å². The Labute approximate surface area is 214 Å². The van der Waals surface area contributed by atoms with Crippen molar-refractivity contribution in [2.24, 2.45) is 5.92 Å². The number of methoxy groups -OCH3 is 1. The number of carbonyl (C=O) groups excluding carboxylic acids is 2. The summed E-state index contributed by atoms with van der Waals surface area (Å²) < 4.78 is 5.11. The number of rotatable bonds is 8. The van der Waals surface area contributed by atoms with Crippen molar-refractivity contribution < 1.29 is 19.4 Å². The lowest BCUT2D eigenvalue weighted by molar-refractivity contribution is -0.131. The molecule has 1 aromatic carbocycles. The molecule has 10 heteroatoms. The number of pyridine rings is 1. The first-order chi connectivity index (χ1) is 17.3. The molecular formula is C26H31N5O4S. The maximum atomic E-state index is 12.7. The van der Waals surface area contributed by atoms with Gasteiger partial charge in [0.05, 0.1) is 31.6 Å². The van der Waals surface area contributed by atoms with Crippen molar-refractivity contribution in [1.82, 2.24) is 14.9 Å². The topological polar surface area (TPSA) is 117 Å². The van der Waals surface area contributed by atoms with E-state index in [9.17, 15) is 14.7 Å². The van der Waals surface area contributed by atoms with Gasteiger partial charge in [-0.05, 0) is 56.4 Å². The monoisotopic (exact) mass is 509 g/mol. The van der Waals surface area contributed by atoms with Crippen LogP contribution in [0.2, 0.25) is 0 Å². The number of anilines is 2. The van der Waals surface area contributed by atoms with E-state index in [1.807, 2.05) is 24.0 Å². The van der Waals surface area contributed by atoms with Crippen molar-refractivity contribution in [3.05, 3.63) is 58.4 Å². The van der Waals surface area contributed by atoms with Crippen molar-refractivity contribution >= 4 is 34.0 Å². The van der Waals surface area contributed by atoms with Crippen LogP contribution >= 0.6 is 11.3 Å². The van der Waals surface area contributed by atoms with Crippen LogP contribution < -0.4 is 15.4 Å². The van der Waals surface area contributed by atoms with E-state index >= 15 is 0 Å². The predicted molar refractivity (Wildman–Crippen MR) is 140 cm³/mol. The zero-order chi connectivity index (χ0) is 25.7. The zero-order valence-electron chi connectivity index (χ0n) is 20.7. The number of hydrogen-bond donors (Lipinski definition) is 3. The number of piperidine rings is 1. The molecule has 2 aromatic heterocycles. The number of nitrogens with zero attached hydrogens (tertiary/aromatic N) is 3. The molecule has 0 unspecified atom stereocenters. The molecule has 0 bridgehead atoms. The number of aromatic hydroxyl groups is 1. The van der Waals surface area contributed by atoms with E-state index in [0.29, 0.717) is 39.3 Å². The Hall–Kier alpha value is -3.66. The van der Waals surface area contributed by atoms with Crippen LogP contribution in [-0.2, 0) is 11.2 Å². The standard InChI is InChI=1S/C26H31N5O4S/c1-16-4-7-21(32)17(2)24(16)30-25(34)22-15-29-26(36-22)28-13-18-8-10-31(11-9-18)23(33)12-19-5-6-20(35-3)14-27-19/h4-7,14-15,18,32H,8-13H2,1-3H3,(H,28,29)(H,30,34). The van der Waals surface area contributed by atoms with Gasteiger partial charge in [-0.3, -0.25) is 14.6 Å². The Bertz CT molecular complexity index is 1220. The van der Waals surface area contributed by atoms with Gasteiger partial charge in [-0.1, -0.05) is 17.4 Å². The highest BCUT2D eigenvalue weighted by Gasteiger charge is 2.23. The third-order valence-electron chi connectivity index (χ3n) is 6.49. The van der Waals surface area contributed by atoms with Gasteiger partial charge in [-0.2, -0.15) is 0 Å². The fourth-order valence-corrected chi connectivity index (χ4v) is 4.90. The molecule has 9 nitrogen and oxygen atoms in total. The minimum atomic E-state index is -0.254. The third kappa shape index (κ3) is 6.12. The molecule has 36 heavy (non-hydrogen) atoms. The molecule has 1 aliphatic heterocycles. The molecule has 190 valence electrons. The van der Waals surface area contributed by atoms with Crippen LogP contribution in [-0.4, -0.2) is 58.5 Å². The molecule has 0 saturated carbocycles. The number of nitrogens with one attached hydrogen (secondary N) is 2. The first-order valence-corrected chi connectivity index (χ1v) is 12.7. The normalized spacial score (nSPS) is 13.9. The third-order valence-corrected chi connectivity index (χ3v) is 7.44. The molecule has 3 heterocycles. The van der Waals surface area contributed by atoms with Gasteiger partial charge in [0.1, 0.15) is 16.4 Å². The van der Waals surface area contributed by atoms with Crippen LogP contribution in [0.4, 0.5) is 10.8 Å². The number of phenolic OH excluding ortho intramolecular Hbond substituents is 1. The van der Waals surface area contributed by atoms with Gasteiger partial charge in [0, 0.05) is 30.9 Å². The van der Waals surface area contributed by atoms with Crippen LogP contribution in [0.5, 0.6) is 11.5 Å². The number of amides is 2. The van der Waals surface area contributed by atoms with Crippen LogP contribution in [0.1, 0.15) is 39.3 Å². The highest BCUT2D eigenvalue weighted by Crippen LogP contribution is 2.29. The number of aryl methyl sites for hydroxylation is 1. The van der Waals surface area contributed by atoms with Gasteiger partial charge >= 0.3 is 0 Å². The number of benzene rings is 1. The molecule has 1 saturated heterocycles. The number of aromatic nitrogens is 2. The highest BCUT2D eigenvalue weighted by molar-refractivity contribution is 7.17. The van der Waals surface area contributed by atoms with Crippen molar-refractivity contribution in [3.63, 3.8) is 0 Å². The van der Waals surface area contributed by atoms with Crippen LogP contribution in [0.15, 0.2) is 36.7 Å². The quantitative estimate of drug-likeness (QED) is 0.420. The molecular weight excluding hydrogens is 478 g/mol. The molecule has 3 aromatic rings. The molecule has 0 spiro atoms. The maximum absolute atomic E-state index is 12.7. The molecule has 1 fully saturated rings. The second-order valence-corrected chi connectivity index (χ2v) is 9.99. The summed E-state index contributed by atoms with van der Waals surface area (Å²) in [5, 5.41) is 16.9. The molecule has 0 radical (unpaired) electrons. The van der Waals surface area contributed by atoms with E-state index in [1.165, 1.54) is 11.3 Å².